The Morgan fingerprint density at radius 2 is 2.00 bits per heavy atom. The minimum Gasteiger partial charge on any atom is -0.360 e. The number of nitrogens with one attached hydrogen (secondary N) is 1. The number of carbonyl (C=O) groups excluding carboxylic acids is 1. The normalized spacial score (nSPS) is 11.8. The maximum Gasteiger partial charge on any atom is 0.323 e. The van der Waals surface area contributed by atoms with Gasteiger partial charge in [0.05, 0.1) is 6.04 Å². The molecule has 2 amide bonds. The Hall–Kier alpha value is -3.22. The fourth-order valence-corrected chi connectivity index (χ4v) is 2.56. The maximum absolute atomic E-state index is 13.3. The average Bonchev–Trinajstić information content (AvgIpc) is 3.02. The van der Waals surface area contributed by atoms with E-state index in [1.54, 1.807) is 50.6 Å². The van der Waals surface area contributed by atoms with Crippen LogP contribution in [-0.4, -0.2) is 28.1 Å². The van der Waals surface area contributed by atoms with Crippen LogP contribution in [0.3, 0.4) is 0 Å². The second kappa shape index (κ2) is 7.12. The number of benzene rings is 1. The smallest absolute Gasteiger partial charge is 0.323 e. The molecule has 1 atom stereocenters. The molecule has 25 heavy (non-hydrogen) atoms. The third-order valence-electron chi connectivity index (χ3n) is 3.76. The van der Waals surface area contributed by atoms with Crippen LogP contribution >= 0.6 is 0 Å². The number of hydrogen-bond acceptors (Lipinski definition) is 4. The summed E-state index contributed by atoms with van der Waals surface area (Å²) in [5.41, 5.74) is 1.58. The van der Waals surface area contributed by atoms with Crippen LogP contribution in [0.25, 0.3) is 0 Å². The largest absolute Gasteiger partial charge is 0.360 e. The zero-order valence-electron chi connectivity index (χ0n) is 13.8. The third kappa shape index (κ3) is 3.82. The van der Waals surface area contributed by atoms with Crippen molar-refractivity contribution in [3.05, 3.63) is 77.6 Å². The molecule has 0 unspecified atom stereocenters. The summed E-state index contributed by atoms with van der Waals surface area (Å²) in [4.78, 5) is 18.2. The van der Waals surface area contributed by atoms with E-state index < -0.39 is 6.04 Å². The topological polar surface area (TPSA) is 71.3 Å². The number of halogens is 1. The van der Waals surface area contributed by atoms with Gasteiger partial charge in [0.2, 0.25) is 0 Å². The monoisotopic (exact) mass is 340 g/mol. The van der Waals surface area contributed by atoms with Gasteiger partial charge in [0.15, 0.2) is 5.82 Å². The van der Waals surface area contributed by atoms with E-state index in [1.807, 2.05) is 6.07 Å². The second-order valence-electron chi connectivity index (χ2n) is 5.60. The first-order valence-electron chi connectivity index (χ1n) is 7.67. The molecular formula is C18H17FN4O2. The number of amides is 2. The van der Waals surface area contributed by atoms with Crippen LogP contribution < -0.4 is 5.32 Å². The number of aryl methyl sites for hydroxylation is 1. The number of urea groups is 1. The predicted octanol–water partition coefficient (Wildman–Crippen LogP) is 3.77. The van der Waals surface area contributed by atoms with E-state index in [-0.39, 0.29) is 11.8 Å². The summed E-state index contributed by atoms with van der Waals surface area (Å²) in [5.74, 6) is 0.595. The van der Waals surface area contributed by atoms with Gasteiger partial charge in [0.25, 0.3) is 0 Å². The number of anilines is 1. The Labute approximate surface area is 144 Å². The molecule has 7 heteroatoms. The standard InChI is InChI=1S/C18H17FN4O2/c1-12-10-16(22-25-12)21-18(24)23(2)17(14-4-3-9-20-11-14)13-5-7-15(19)8-6-13/h3-11,17H,1-2H3,(H,21,22,24)/t17-/m0/s1. The lowest BCUT2D eigenvalue weighted by Gasteiger charge is -2.28. The van der Waals surface area contributed by atoms with Crippen molar-refractivity contribution in [3.8, 4) is 0 Å². The van der Waals surface area contributed by atoms with E-state index in [2.05, 4.69) is 15.5 Å². The maximum atomic E-state index is 13.3. The van der Waals surface area contributed by atoms with Crippen molar-refractivity contribution >= 4 is 11.8 Å². The van der Waals surface area contributed by atoms with E-state index in [9.17, 15) is 9.18 Å². The molecule has 6 nitrogen and oxygen atoms in total. The first-order chi connectivity index (χ1) is 12.0. The molecule has 0 fully saturated rings. The molecule has 1 N–H and O–H groups in total. The van der Waals surface area contributed by atoms with Crippen LogP contribution in [0.2, 0.25) is 0 Å². The van der Waals surface area contributed by atoms with Gasteiger partial charge in [-0.25, -0.2) is 9.18 Å². The van der Waals surface area contributed by atoms with Gasteiger partial charge in [-0.05, 0) is 36.2 Å². The number of carbonyl (C=O) groups is 1. The SMILES string of the molecule is Cc1cc(NC(=O)N(C)[C@@H](c2ccc(F)cc2)c2cccnc2)no1. The van der Waals surface area contributed by atoms with Crippen LogP contribution in [-0.2, 0) is 0 Å². The van der Waals surface area contributed by atoms with Crippen molar-refractivity contribution in [2.24, 2.45) is 0 Å². The highest BCUT2D eigenvalue weighted by Gasteiger charge is 2.24. The Morgan fingerprint density at radius 3 is 2.60 bits per heavy atom. The van der Waals surface area contributed by atoms with Gasteiger partial charge in [-0.3, -0.25) is 10.3 Å². The predicted molar refractivity (Wildman–Crippen MR) is 90.5 cm³/mol. The Bertz CT molecular complexity index is 849. The van der Waals surface area contributed by atoms with Gasteiger partial charge >= 0.3 is 6.03 Å². The summed E-state index contributed by atoms with van der Waals surface area (Å²) in [6.07, 6.45) is 3.33. The summed E-state index contributed by atoms with van der Waals surface area (Å²) in [7, 11) is 1.66. The van der Waals surface area contributed by atoms with Gasteiger partial charge in [-0.1, -0.05) is 23.4 Å². The molecule has 0 aliphatic heterocycles. The molecular weight excluding hydrogens is 323 g/mol. The van der Waals surface area contributed by atoms with Crippen molar-refractivity contribution in [2.45, 2.75) is 13.0 Å². The highest BCUT2D eigenvalue weighted by atomic mass is 19.1. The van der Waals surface area contributed by atoms with Gasteiger partial charge in [-0.15, -0.1) is 0 Å². The fraction of sp³-hybridized carbons (Fsp3) is 0.167. The lowest BCUT2D eigenvalue weighted by atomic mass is 9.99. The molecule has 3 rings (SSSR count). The minimum atomic E-state index is -0.428. The van der Waals surface area contributed by atoms with Gasteiger partial charge in [0, 0.05) is 25.5 Å². The summed E-state index contributed by atoms with van der Waals surface area (Å²) >= 11 is 0. The summed E-state index contributed by atoms with van der Waals surface area (Å²) in [6, 6.07) is 10.5. The lowest BCUT2D eigenvalue weighted by Crippen LogP contribution is -2.35. The molecule has 2 aromatic heterocycles. The Balaban J connectivity index is 1.90. The molecule has 3 aromatic rings. The molecule has 0 radical (unpaired) electrons. The number of aromatic nitrogens is 2. The quantitative estimate of drug-likeness (QED) is 0.785. The molecule has 1 aromatic carbocycles. The van der Waals surface area contributed by atoms with Crippen LogP contribution in [0.1, 0.15) is 22.9 Å². The molecule has 0 aliphatic carbocycles. The average molecular weight is 340 g/mol. The van der Waals surface area contributed by atoms with Crippen LogP contribution in [0.5, 0.6) is 0 Å². The van der Waals surface area contributed by atoms with Crippen molar-refractivity contribution in [3.63, 3.8) is 0 Å². The van der Waals surface area contributed by atoms with Crippen LogP contribution in [0, 0.1) is 12.7 Å². The van der Waals surface area contributed by atoms with E-state index >= 15 is 0 Å². The fourth-order valence-electron chi connectivity index (χ4n) is 2.56. The minimum absolute atomic E-state index is 0.332. The molecule has 0 bridgehead atoms. The first kappa shape index (κ1) is 16.6. The molecule has 0 aliphatic rings. The summed E-state index contributed by atoms with van der Waals surface area (Å²) < 4.78 is 18.2. The Morgan fingerprint density at radius 1 is 1.24 bits per heavy atom. The third-order valence-corrected chi connectivity index (χ3v) is 3.76. The van der Waals surface area contributed by atoms with Crippen molar-refractivity contribution < 1.29 is 13.7 Å². The van der Waals surface area contributed by atoms with E-state index in [0.29, 0.717) is 11.6 Å². The van der Waals surface area contributed by atoms with Crippen molar-refractivity contribution in [2.75, 3.05) is 12.4 Å². The van der Waals surface area contributed by atoms with Gasteiger partial charge in [-0.2, -0.15) is 0 Å². The highest BCUT2D eigenvalue weighted by Crippen LogP contribution is 2.28. The second-order valence-corrected chi connectivity index (χ2v) is 5.60. The first-order valence-corrected chi connectivity index (χ1v) is 7.67. The van der Waals surface area contributed by atoms with E-state index in [0.717, 1.165) is 11.1 Å². The zero-order chi connectivity index (χ0) is 17.8. The lowest BCUT2D eigenvalue weighted by molar-refractivity contribution is 0.212. The molecule has 0 spiro atoms. The molecule has 2 heterocycles. The van der Waals surface area contributed by atoms with Crippen LogP contribution in [0.15, 0.2) is 59.4 Å². The van der Waals surface area contributed by atoms with Crippen LogP contribution in [0.4, 0.5) is 15.0 Å². The molecule has 128 valence electrons. The number of hydrogen-bond donors (Lipinski definition) is 1. The summed E-state index contributed by atoms with van der Waals surface area (Å²) in [5, 5.41) is 6.44. The zero-order valence-corrected chi connectivity index (χ0v) is 13.8. The highest BCUT2D eigenvalue weighted by molar-refractivity contribution is 5.88. The summed E-state index contributed by atoms with van der Waals surface area (Å²) in [6.45, 7) is 1.74. The number of nitrogens with zero attached hydrogens (tertiary/aromatic N) is 3. The molecule has 0 saturated heterocycles. The van der Waals surface area contributed by atoms with Gasteiger partial charge < -0.3 is 9.42 Å². The molecule has 0 saturated carbocycles. The number of rotatable bonds is 4. The van der Waals surface area contributed by atoms with Crippen molar-refractivity contribution in [1.82, 2.24) is 15.0 Å². The van der Waals surface area contributed by atoms with E-state index in [4.69, 9.17) is 4.52 Å². The number of pyridine rings is 1. The van der Waals surface area contributed by atoms with E-state index in [1.165, 1.54) is 17.0 Å². The Kier molecular flexibility index (Phi) is 4.74. The van der Waals surface area contributed by atoms with Gasteiger partial charge in [0.1, 0.15) is 11.6 Å². The van der Waals surface area contributed by atoms with Crippen molar-refractivity contribution in [1.29, 1.82) is 0 Å².